The Morgan fingerprint density at radius 3 is 2.75 bits per heavy atom. The van der Waals surface area contributed by atoms with E-state index in [9.17, 15) is 9.59 Å². The van der Waals surface area contributed by atoms with E-state index in [2.05, 4.69) is 16.6 Å². The van der Waals surface area contributed by atoms with Gasteiger partial charge in [0.15, 0.2) is 0 Å². The minimum Gasteiger partial charge on any atom is -0.480 e. The first-order valence-corrected chi connectivity index (χ1v) is 4.81. The maximum atomic E-state index is 11.2. The van der Waals surface area contributed by atoms with Crippen LogP contribution in [0.3, 0.4) is 0 Å². The highest BCUT2D eigenvalue weighted by molar-refractivity contribution is 5.82. The van der Waals surface area contributed by atoms with Crippen molar-refractivity contribution in [1.82, 2.24) is 10.6 Å². The molecule has 0 aliphatic heterocycles. The van der Waals surface area contributed by atoms with Crippen LogP contribution < -0.4 is 10.6 Å². The van der Waals surface area contributed by atoms with Crippen molar-refractivity contribution in [2.75, 3.05) is 20.3 Å². The standard InChI is InChI=1S/C10H16N2O4/c1-3-5-8(9(13)14)12-10(15)11-6-4-7-16-2/h1,8H,4-7H2,2H3,(H,13,14)(H2,11,12,15). The molecular formula is C10H16N2O4. The van der Waals surface area contributed by atoms with Gasteiger partial charge in [-0.15, -0.1) is 12.3 Å². The lowest BCUT2D eigenvalue weighted by molar-refractivity contribution is -0.139. The topological polar surface area (TPSA) is 87.7 Å². The van der Waals surface area contributed by atoms with Crippen LogP contribution in [0, 0.1) is 12.3 Å². The molecule has 0 aliphatic rings. The minimum atomic E-state index is -1.15. The van der Waals surface area contributed by atoms with Crippen molar-refractivity contribution < 1.29 is 19.4 Å². The number of carboxylic acids is 1. The molecule has 3 N–H and O–H groups in total. The van der Waals surface area contributed by atoms with Crippen LogP contribution in [0.1, 0.15) is 12.8 Å². The Kier molecular flexibility index (Phi) is 7.63. The maximum absolute atomic E-state index is 11.2. The Hall–Kier alpha value is -1.74. The van der Waals surface area contributed by atoms with Crippen LogP contribution in [0.5, 0.6) is 0 Å². The summed E-state index contributed by atoms with van der Waals surface area (Å²) in [6.07, 6.45) is 5.60. The van der Waals surface area contributed by atoms with E-state index in [4.69, 9.17) is 16.3 Å². The molecule has 90 valence electrons. The molecule has 0 aliphatic carbocycles. The highest BCUT2D eigenvalue weighted by atomic mass is 16.5. The number of terminal acetylenes is 1. The Labute approximate surface area is 94.4 Å². The fourth-order valence-corrected chi connectivity index (χ4v) is 0.946. The first-order chi connectivity index (χ1) is 7.61. The number of nitrogens with one attached hydrogen (secondary N) is 2. The molecule has 0 spiro atoms. The number of carbonyl (C=O) groups is 2. The number of urea groups is 1. The molecule has 0 aromatic heterocycles. The summed E-state index contributed by atoms with van der Waals surface area (Å²) in [6, 6.07) is -1.59. The van der Waals surface area contributed by atoms with Gasteiger partial charge in [0, 0.05) is 26.7 Å². The zero-order valence-corrected chi connectivity index (χ0v) is 9.16. The molecule has 0 aromatic rings. The lowest BCUT2D eigenvalue weighted by atomic mass is 10.2. The van der Waals surface area contributed by atoms with E-state index >= 15 is 0 Å². The SMILES string of the molecule is C#CCC(NC(=O)NCCCOC)C(=O)O. The molecule has 0 aromatic carbocycles. The smallest absolute Gasteiger partial charge is 0.327 e. The van der Waals surface area contributed by atoms with Crippen LogP contribution in [0.25, 0.3) is 0 Å². The van der Waals surface area contributed by atoms with E-state index in [1.54, 1.807) is 7.11 Å². The Balaban J connectivity index is 3.83. The summed E-state index contributed by atoms with van der Waals surface area (Å²) in [5.74, 6) is 1.04. The molecule has 0 radical (unpaired) electrons. The second-order valence-corrected chi connectivity index (χ2v) is 3.05. The Morgan fingerprint density at radius 2 is 2.25 bits per heavy atom. The molecule has 6 nitrogen and oxygen atoms in total. The van der Waals surface area contributed by atoms with Crippen molar-refractivity contribution in [3.05, 3.63) is 0 Å². The maximum Gasteiger partial charge on any atom is 0.327 e. The van der Waals surface area contributed by atoms with Gasteiger partial charge in [0.05, 0.1) is 0 Å². The first kappa shape index (κ1) is 14.3. The number of hydrogen-bond donors (Lipinski definition) is 3. The van der Waals surface area contributed by atoms with Gasteiger partial charge in [0.25, 0.3) is 0 Å². The second kappa shape index (κ2) is 8.56. The first-order valence-electron chi connectivity index (χ1n) is 4.81. The molecule has 6 heteroatoms. The van der Waals surface area contributed by atoms with Crippen molar-refractivity contribution in [3.8, 4) is 12.3 Å². The van der Waals surface area contributed by atoms with Gasteiger partial charge in [-0.2, -0.15) is 0 Å². The van der Waals surface area contributed by atoms with Crippen molar-refractivity contribution in [1.29, 1.82) is 0 Å². The Morgan fingerprint density at radius 1 is 1.56 bits per heavy atom. The van der Waals surface area contributed by atoms with Crippen LogP contribution in [0.2, 0.25) is 0 Å². The van der Waals surface area contributed by atoms with E-state index < -0.39 is 18.0 Å². The number of carbonyl (C=O) groups excluding carboxylic acids is 1. The summed E-state index contributed by atoms with van der Waals surface area (Å²) in [5, 5.41) is 13.5. The molecule has 1 unspecified atom stereocenters. The summed E-state index contributed by atoms with van der Waals surface area (Å²) >= 11 is 0. The van der Waals surface area contributed by atoms with E-state index in [1.807, 2.05) is 0 Å². The van der Waals surface area contributed by atoms with Crippen molar-refractivity contribution in [3.63, 3.8) is 0 Å². The van der Waals surface area contributed by atoms with Crippen LogP contribution >= 0.6 is 0 Å². The number of amides is 2. The van der Waals surface area contributed by atoms with Gasteiger partial charge >= 0.3 is 12.0 Å². The zero-order valence-electron chi connectivity index (χ0n) is 9.16. The van der Waals surface area contributed by atoms with Gasteiger partial charge in [-0.1, -0.05) is 0 Å². The van der Waals surface area contributed by atoms with Crippen LogP contribution in [0.15, 0.2) is 0 Å². The summed E-state index contributed by atoms with van der Waals surface area (Å²) in [7, 11) is 1.56. The number of hydrogen-bond acceptors (Lipinski definition) is 3. The predicted octanol–water partition coefficient (Wildman–Crippen LogP) is -0.201. The van der Waals surface area contributed by atoms with E-state index in [0.717, 1.165) is 0 Å². The number of methoxy groups -OCH3 is 1. The van der Waals surface area contributed by atoms with Crippen LogP contribution in [-0.4, -0.2) is 43.4 Å². The van der Waals surface area contributed by atoms with Gasteiger partial charge in [-0.25, -0.2) is 9.59 Å². The third-order valence-electron chi connectivity index (χ3n) is 1.74. The summed E-state index contributed by atoms with van der Waals surface area (Å²) in [5.41, 5.74) is 0. The van der Waals surface area contributed by atoms with Gasteiger partial charge in [0.2, 0.25) is 0 Å². The molecular weight excluding hydrogens is 212 g/mol. The third kappa shape index (κ3) is 6.68. The average Bonchev–Trinajstić information content (AvgIpc) is 2.23. The van der Waals surface area contributed by atoms with Crippen LogP contribution in [-0.2, 0) is 9.53 Å². The predicted molar refractivity (Wildman–Crippen MR) is 57.9 cm³/mol. The number of aliphatic carboxylic acids is 1. The van der Waals surface area contributed by atoms with Crippen molar-refractivity contribution in [2.24, 2.45) is 0 Å². The number of rotatable bonds is 7. The normalized spacial score (nSPS) is 11.2. The van der Waals surface area contributed by atoms with Crippen LogP contribution in [0.4, 0.5) is 4.79 Å². The largest absolute Gasteiger partial charge is 0.480 e. The molecule has 0 bridgehead atoms. The van der Waals surface area contributed by atoms with Gasteiger partial charge in [-0.3, -0.25) is 0 Å². The summed E-state index contributed by atoms with van der Waals surface area (Å²) in [6.45, 7) is 0.953. The van der Waals surface area contributed by atoms with Gasteiger partial charge in [0.1, 0.15) is 6.04 Å². The fraction of sp³-hybridized carbons (Fsp3) is 0.600. The number of ether oxygens (including phenoxy) is 1. The van der Waals surface area contributed by atoms with Gasteiger partial charge in [-0.05, 0) is 6.42 Å². The monoisotopic (exact) mass is 228 g/mol. The molecule has 0 rings (SSSR count). The molecule has 16 heavy (non-hydrogen) atoms. The van der Waals surface area contributed by atoms with E-state index in [-0.39, 0.29) is 6.42 Å². The zero-order chi connectivity index (χ0) is 12.4. The Bertz CT molecular complexity index is 272. The highest BCUT2D eigenvalue weighted by Crippen LogP contribution is 1.90. The quantitative estimate of drug-likeness (QED) is 0.416. The van der Waals surface area contributed by atoms with E-state index in [1.165, 1.54) is 0 Å². The average molecular weight is 228 g/mol. The fourth-order valence-electron chi connectivity index (χ4n) is 0.946. The molecule has 0 saturated heterocycles. The highest BCUT2D eigenvalue weighted by Gasteiger charge is 2.17. The summed E-state index contributed by atoms with van der Waals surface area (Å²) in [4.78, 5) is 21.8. The summed E-state index contributed by atoms with van der Waals surface area (Å²) < 4.78 is 4.79. The molecule has 0 heterocycles. The van der Waals surface area contributed by atoms with E-state index in [0.29, 0.717) is 19.6 Å². The lowest BCUT2D eigenvalue weighted by Crippen LogP contribution is -2.46. The lowest BCUT2D eigenvalue weighted by Gasteiger charge is -2.12. The van der Waals surface area contributed by atoms with Gasteiger partial charge < -0.3 is 20.5 Å². The molecule has 0 saturated carbocycles. The van der Waals surface area contributed by atoms with Crippen molar-refractivity contribution >= 4 is 12.0 Å². The number of carboxylic acid groups (broad SMARTS) is 1. The second-order valence-electron chi connectivity index (χ2n) is 3.05. The third-order valence-corrected chi connectivity index (χ3v) is 1.74. The molecule has 2 amide bonds. The molecule has 1 atom stereocenters. The minimum absolute atomic E-state index is 0.0408. The van der Waals surface area contributed by atoms with Crippen molar-refractivity contribution in [2.45, 2.75) is 18.9 Å². The molecule has 0 fully saturated rings.